The second kappa shape index (κ2) is 7.59. The van der Waals surface area contributed by atoms with Crippen LogP contribution >= 0.6 is 0 Å². The number of amides is 1. The number of carbonyl (C=O) groups is 1. The van der Waals surface area contributed by atoms with Crippen molar-refractivity contribution in [1.82, 2.24) is 0 Å². The summed E-state index contributed by atoms with van der Waals surface area (Å²) in [5.74, 6) is 0.149. The van der Waals surface area contributed by atoms with Crippen LogP contribution in [-0.2, 0) is 11.3 Å². The highest BCUT2D eigenvalue weighted by Gasteiger charge is 2.17. The summed E-state index contributed by atoms with van der Waals surface area (Å²) in [5, 5.41) is 0. The summed E-state index contributed by atoms with van der Waals surface area (Å²) in [5.41, 5.74) is 1.52. The first-order valence-electron chi connectivity index (χ1n) is 7.27. The first-order valence-corrected chi connectivity index (χ1v) is 7.27. The molecular formula is C18H20FNO2. The number of hydrogen-bond donors (Lipinski definition) is 0. The number of carbonyl (C=O) groups excluding carboxylic acids is 1. The number of para-hydroxylation sites is 2. The summed E-state index contributed by atoms with van der Waals surface area (Å²) in [6.45, 7) is 3.13. The number of nitrogens with zero attached hydrogens (tertiary/aromatic N) is 1. The van der Waals surface area contributed by atoms with Crippen LogP contribution in [0, 0.1) is 0 Å². The molecule has 0 aromatic heterocycles. The number of anilines is 1. The van der Waals surface area contributed by atoms with Gasteiger partial charge >= 0.3 is 0 Å². The molecule has 4 heteroatoms. The van der Waals surface area contributed by atoms with Gasteiger partial charge in [0.2, 0.25) is 0 Å². The van der Waals surface area contributed by atoms with E-state index < -0.39 is 12.6 Å². The molecule has 2 aromatic carbocycles. The Morgan fingerprint density at radius 2 is 1.73 bits per heavy atom. The van der Waals surface area contributed by atoms with Crippen molar-refractivity contribution < 1.29 is 13.9 Å². The topological polar surface area (TPSA) is 29.5 Å². The van der Waals surface area contributed by atoms with Gasteiger partial charge in [-0.3, -0.25) is 4.79 Å². The molecule has 3 nitrogen and oxygen atoms in total. The normalized spacial score (nSPS) is 10.5. The average molecular weight is 301 g/mol. The minimum Gasteiger partial charge on any atom is -0.491 e. The van der Waals surface area contributed by atoms with Gasteiger partial charge in [-0.15, -0.1) is 0 Å². The fourth-order valence-electron chi connectivity index (χ4n) is 2.18. The molecular weight excluding hydrogens is 281 g/mol. The predicted molar refractivity (Wildman–Crippen MR) is 85.8 cm³/mol. The van der Waals surface area contributed by atoms with E-state index in [1.54, 1.807) is 12.1 Å². The Bertz CT molecular complexity index is 613. The number of halogens is 1. The van der Waals surface area contributed by atoms with E-state index in [2.05, 4.69) is 0 Å². The Hall–Kier alpha value is -2.36. The van der Waals surface area contributed by atoms with E-state index in [0.29, 0.717) is 11.4 Å². The summed E-state index contributed by atoms with van der Waals surface area (Å²) < 4.78 is 18.7. The largest absolute Gasteiger partial charge is 0.491 e. The standard InChI is InChI=1S/C18H20FNO2/c1-14(2)22-17-11-7-6-8-15(17)13-20(18(21)12-19)16-9-4-3-5-10-16/h3-11,14H,12-13H2,1-2H3. The molecule has 0 aliphatic carbocycles. The lowest BCUT2D eigenvalue weighted by molar-refractivity contribution is -0.119. The van der Waals surface area contributed by atoms with Crippen LogP contribution in [-0.4, -0.2) is 18.7 Å². The highest BCUT2D eigenvalue weighted by atomic mass is 19.1. The number of benzene rings is 2. The van der Waals surface area contributed by atoms with Gasteiger partial charge in [0.15, 0.2) is 6.67 Å². The van der Waals surface area contributed by atoms with Crippen molar-refractivity contribution in [1.29, 1.82) is 0 Å². The summed E-state index contributed by atoms with van der Waals surface area (Å²) in [6.07, 6.45) is 0.0307. The van der Waals surface area contributed by atoms with Gasteiger partial charge < -0.3 is 9.64 Å². The predicted octanol–water partition coefficient (Wildman–Crippen LogP) is 3.98. The first-order chi connectivity index (χ1) is 10.6. The molecule has 0 fully saturated rings. The Morgan fingerprint density at radius 1 is 1.09 bits per heavy atom. The Balaban J connectivity index is 2.30. The van der Waals surface area contributed by atoms with Gasteiger partial charge in [-0.2, -0.15) is 0 Å². The second-order valence-corrected chi connectivity index (χ2v) is 5.22. The summed E-state index contributed by atoms with van der Waals surface area (Å²) in [4.78, 5) is 13.4. The van der Waals surface area contributed by atoms with Gasteiger partial charge in [-0.1, -0.05) is 36.4 Å². The fourth-order valence-corrected chi connectivity index (χ4v) is 2.18. The summed E-state index contributed by atoms with van der Waals surface area (Å²) in [7, 11) is 0. The van der Waals surface area contributed by atoms with E-state index in [1.165, 1.54) is 4.90 Å². The number of ether oxygens (including phenoxy) is 1. The van der Waals surface area contributed by atoms with Crippen LogP contribution in [0.3, 0.4) is 0 Å². The lowest BCUT2D eigenvalue weighted by Crippen LogP contribution is -2.31. The number of alkyl halides is 1. The van der Waals surface area contributed by atoms with Gasteiger partial charge in [0, 0.05) is 11.3 Å². The molecule has 0 spiro atoms. The molecule has 0 heterocycles. The van der Waals surface area contributed by atoms with E-state index in [1.807, 2.05) is 56.3 Å². The maximum Gasteiger partial charge on any atom is 0.258 e. The third-order valence-corrected chi connectivity index (χ3v) is 3.15. The fraction of sp³-hybridized carbons (Fsp3) is 0.278. The lowest BCUT2D eigenvalue weighted by atomic mass is 10.1. The Morgan fingerprint density at radius 3 is 2.36 bits per heavy atom. The molecule has 0 atom stereocenters. The van der Waals surface area contributed by atoms with Gasteiger partial charge in [-0.25, -0.2) is 4.39 Å². The molecule has 116 valence electrons. The SMILES string of the molecule is CC(C)Oc1ccccc1CN(C(=O)CF)c1ccccc1. The van der Waals surface area contributed by atoms with Crippen LogP contribution in [0.15, 0.2) is 54.6 Å². The molecule has 2 rings (SSSR count). The van der Waals surface area contributed by atoms with Crippen LogP contribution in [0.25, 0.3) is 0 Å². The van der Waals surface area contributed by atoms with Gasteiger partial charge in [0.05, 0.1) is 12.6 Å². The Kier molecular flexibility index (Phi) is 5.53. The van der Waals surface area contributed by atoms with E-state index in [0.717, 1.165) is 5.56 Å². The van der Waals surface area contributed by atoms with E-state index >= 15 is 0 Å². The maximum atomic E-state index is 12.9. The van der Waals surface area contributed by atoms with Gasteiger partial charge in [-0.05, 0) is 32.0 Å². The van der Waals surface area contributed by atoms with E-state index in [4.69, 9.17) is 4.74 Å². The zero-order valence-electron chi connectivity index (χ0n) is 12.8. The molecule has 0 unspecified atom stereocenters. The maximum absolute atomic E-state index is 12.9. The van der Waals surface area contributed by atoms with Crippen molar-refractivity contribution in [3.05, 3.63) is 60.2 Å². The van der Waals surface area contributed by atoms with Crippen molar-refractivity contribution in [3.63, 3.8) is 0 Å². The van der Waals surface area contributed by atoms with E-state index in [9.17, 15) is 9.18 Å². The highest BCUT2D eigenvalue weighted by Crippen LogP contribution is 2.24. The quantitative estimate of drug-likeness (QED) is 0.808. The van der Waals surface area contributed by atoms with Crippen molar-refractivity contribution in [3.8, 4) is 5.75 Å². The molecule has 22 heavy (non-hydrogen) atoms. The zero-order chi connectivity index (χ0) is 15.9. The zero-order valence-corrected chi connectivity index (χ0v) is 12.8. The number of rotatable bonds is 6. The van der Waals surface area contributed by atoms with E-state index in [-0.39, 0.29) is 12.6 Å². The first kappa shape index (κ1) is 16.0. The van der Waals surface area contributed by atoms with Gasteiger partial charge in [0.1, 0.15) is 5.75 Å². The van der Waals surface area contributed by atoms with Gasteiger partial charge in [0.25, 0.3) is 5.91 Å². The average Bonchev–Trinajstić information content (AvgIpc) is 2.53. The number of hydrogen-bond acceptors (Lipinski definition) is 2. The molecule has 0 aliphatic heterocycles. The smallest absolute Gasteiger partial charge is 0.258 e. The highest BCUT2D eigenvalue weighted by molar-refractivity contribution is 5.94. The van der Waals surface area contributed by atoms with Crippen LogP contribution in [0.1, 0.15) is 19.4 Å². The lowest BCUT2D eigenvalue weighted by Gasteiger charge is -2.23. The third kappa shape index (κ3) is 4.07. The van der Waals surface area contributed by atoms with Crippen molar-refractivity contribution >= 4 is 11.6 Å². The monoisotopic (exact) mass is 301 g/mol. The van der Waals surface area contributed by atoms with Crippen LogP contribution in [0.5, 0.6) is 5.75 Å². The molecule has 0 N–H and O–H groups in total. The van der Waals surface area contributed by atoms with Crippen LogP contribution < -0.4 is 9.64 Å². The van der Waals surface area contributed by atoms with Crippen molar-refractivity contribution in [2.75, 3.05) is 11.6 Å². The summed E-state index contributed by atoms with van der Waals surface area (Å²) >= 11 is 0. The van der Waals surface area contributed by atoms with Crippen molar-refractivity contribution in [2.45, 2.75) is 26.5 Å². The molecule has 2 aromatic rings. The van der Waals surface area contributed by atoms with Crippen molar-refractivity contribution in [2.24, 2.45) is 0 Å². The molecule has 0 bridgehead atoms. The second-order valence-electron chi connectivity index (χ2n) is 5.22. The Labute approximate surface area is 130 Å². The minimum absolute atomic E-state index is 0.0307. The molecule has 0 aliphatic rings. The summed E-state index contributed by atoms with van der Waals surface area (Å²) in [6, 6.07) is 16.6. The molecule has 0 saturated heterocycles. The van der Waals surface area contributed by atoms with Crippen LogP contribution in [0.2, 0.25) is 0 Å². The van der Waals surface area contributed by atoms with Crippen LogP contribution in [0.4, 0.5) is 10.1 Å². The molecule has 0 saturated carbocycles. The molecule has 0 radical (unpaired) electrons. The molecule has 1 amide bonds. The minimum atomic E-state index is -1.03. The third-order valence-electron chi connectivity index (χ3n) is 3.15.